The number of oxime groups is 1. The van der Waals surface area contributed by atoms with Gasteiger partial charge >= 0.3 is 6.09 Å². The first kappa shape index (κ1) is 49.2. The first-order valence-corrected chi connectivity index (χ1v) is 23.6. The lowest BCUT2D eigenvalue weighted by molar-refractivity contribution is -0.384. The number of carbonyl (C=O) groups excluding carboxylic acids is 2. The third-order valence-electron chi connectivity index (χ3n) is 13.3. The average Bonchev–Trinajstić information content (AvgIpc) is 3.37. The number of aldehydes is 1. The molecule has 0 spiro atoms. The Bertz CT molecular complexity index is 2680. The minimum absolute atomic E-state index is 0.00779. The van der Waals surface area contributed by atoms with Crippen LogP contribution >= 0.6 is 0 Å². The number of ether oxygens (including phenoxy) is 4. The number of carbonyl (C=O) groups is 2. The number of amides is 1. The summed E-state index contributed by atoms with van der Waals surface area (Å²) in [7, 11) is 0. The summed E-state index contributed by atoms with van der Waals surface area (Å²) >= 11 is 0. The minimum atomic E-state index is -1.68. The number of nitrogens with zero attached hydrogens (tertiary/aromatic N) is 3. The fourth-order valence-electron chi connectivity index (χ4n) is 10.1. The maximum atomic E-state index is 15.1. The van der Waals surface area contributed by atoms with Crippen molar-refractivity contribution >= 4 is 23.8 Å². The average molecular weight is 954 g/mol. The van der Waals surface area contributed by atoms with E-state index in [1.165, 1.54) is 41.3 Å². The number of aliphatic hydroxyl groups is 2. The molecule has 5 aromatic rings. The van der Waals surface area contributed by atoms with Crippen molar-refractivity contribution in [1.82, 2.24) is 4.90 Å². The van der Waals surface area contributed by atoms with E-state index in [0.29, 0.717) is 59.8 Å². The summed E-state index contributed by atoms with van der Waals surface area (Å²) in [4.78, 5) is 45.5. The van der Waals surface area contributed by atoms with Gasteiger partial charge in [0, 0.05) is 55.4 Å². The lowest BCUT2D eigenvalue weighted by Crippen LogP contribution is -2.70. The van der Waals surface area contributed by atoms with Crippen LogP contribution in [0.15, 0.2) is 151 Å². The van der Waals surface area contributed by atoms with Gasteiger partial charge in [0.15, 0.2) is 0 Å². The van der Waals surface area contributed by atoms with E-state index in [-0.39, 0.29) is 62.7 Å². The molecule has 3 aliphatic rings. The normalized spacial score (nSPS) is 21.6. The van der Waals surface area contributed by atoms with Gasteiger partial charge in [-0.05, 0) is 109 Å². The van der Waals surface area contributed by atoms with Crippen LogP contribution in [0.4, 0.5) is 14.9 Å². The number of nitro benzene ring substituents is 1. The molecule has 2 aliphatic carbocycles. The summed E-state index contributed by atoms with van der Waals surface area (Å²) in [5.41, 5.74) is 3.85. The molecule has 14 nitrogen and oxygen atoms in total. The number of non-ortho nitro benzene ring substituents is 1. The summed E-state index contributed by atoms with van der Waals surface area (Å²) in [6.45, 7) is 4.07. The predicted octanol–water partition coefficient (Wildman–Crippen LogP) is 10.9. The Morgan fingerprint density at radius 1 is 0.886 bits per heavy atom. The second-order valence-electron chi connectivity index (χ2n) is 17.7. The Morgan fingerprint density at radius 2 is 1.61 bits per heavy atom. The van der Waals surface area contributed by atoms with Crippen molar-refractivity contribution in [1.29, 1.82) is 0 Å². The van der Waals surface area contributed by atoms with E-state index < -0.39 is 40.5 Å². The van der Waals surface area contributed by atoms with Crippen LogP contribution in [0.5, 0.6) is 23.0 Å². The Hall–Kier alpha value is -7.20. The quantitative estimate of drug-likeness (QED) is 0.0222. The Labute approximate surface area is 405 Å². The molecule has 364 valence electrons. The molecular weight excluding hydrogens is 898 g/mol. The van der Waals surface area contributed by atoms with Crippen LogP contribution in [0.3, 0.4) is 0 Å². The highest BCUT2D eigenvalue weighted by Gasteiger charge is 2.66. The topological polar surface area (TPSA) is 179 Å². The maximum Gasteiger partial charge on any atom is 0.416 e. The van der Waals surface area contributed by atoms with Gasteiger partial charge in [-0.1, -0.05) is 84.7 Å². The molecule has 8 rings (SSSR count). The van der Waals surface area contributed by atoms with E-state index >= 15 is 4.79 Å². The number of aliphatic hydroxyl groups excluding tert-OH is 2. The highest BCUT2D eigenvalue weighted by atomic mass is 19.1. The molecule has 6 atom stereocenters. The molecule has 0 bridgehead atoms. The van der Waals surface area contributed by atoms with E-state index in [9.17, 15) is 29.5 Å². The van der Waals surface area contributed by atoms with Crippen LogP contribution in [-0.4, -0.2) is 69.8 Å². The van der Waals surface area contributed by atoms with E-state index in [2.05, 4.69) is 12.7 Å². The van der Waals surface area contributed by atoms with Crippen molar-refractivity contribution < 1.29 is 52.9 Å². The smallest absolute Gasteiger partial charge is 0.416 e. The van der Waals surface area contributed by atoms with Gasteiger partial charge in [-0.3, -0.25) is 19.8 Å². The van der Waals surface area contributed by atoms with Gasteiger partial charge in [0.25, 0.3) is 5.69 Å². The number of nitro groups is 1. The van der Waals surface area contributed by atoms with Gasteiger partial charge < -0.3 is 34.0 Å². The summed E-state index contributed by atoms with van der Waals surface area (Å²) in [6.07, 6.45) is 7.77. The second kappa shape index (κ2) is 22.9. The fraction of sp³-hybridized carbons (Fsp3) is 0.327. The summed E-state index contributed by atoms with van der Waals surface area (Å²) in [5.74, 6) is -1.95. The van der Waals surface area contributed by atoms with Crippen LogP contribution < -0.4 is 14.2 Å². The third kappa shape index (κ3) is 11.1. The van der Waals surface area contributed by atoms with Crippen molar-refractivity contribution in [3.63, 3.8) is 0 Å². The number of unbranched alkanes of at least 4 members (excludes halogenated alkanes) is 2. The zero-order chi connectivity index (χ0) is 49.0. The lowest BCUT2D eigenvalue weighted by Gasteiger charge is -2.59. The molecule has 0 radical (unpaired) electrons. The number of halogens is 1. The second-order valence-corrected chi connectivity index (χ2v) is 17.7. The third-order valence-corrected chi connectivity index (χ3v) is 13.3. The standard InChI is InChI=1S/C55H56FN3O11/c1-2-29-66-55-51(58(34-37-17-19-41(56)20-18-37)54(63)69-43-23-21-42(22-24-43)59(64)65)33-49(57-67-36-38-11-4-3-5-12-38)47-31-40(14-6-8-27-60)46(16-7-9-28-61)52(53(47)55)48-32-45(25-26-50(48)70-55)68-44-15-10-13-39(30-44)35-62/h2-5,10-13,15,17-26,30-32,35,40,46,51-53,60-61H,1,6-9,14,16,27-29,33-34,36H2/t40-,46+,51-,52+,53+,55+/m0/s1. The van der Waals surface area contributed by atoms with Crippen LogP contribution in [0, 0.1) is 33.7 Å². The maximum absolute atomic E-state index is 15.1. The predicted molar refractivity (Wildman–Crippen MR) is 259 cm³/mol. The zero-order valence-corrected chi connectivity index (χ0v) is 38.6. The minimum Gasteiger partial charge on any atom is -0.459 e. The Morgan fingerprint density at radius 3 is 2.33 bits per heavy atom. The molecule has 1 aliphatic heterocycles. The Balaban J connectivity index is 1.34. The molecule has 15 heteroatoms. The van der Waals surface area contributed by atoms with Crippen molar-refractivity contribution in [3.05, 3.63) is 184 Å². The SMILES string of the molecule is C=CCO[C@@]12Oc3ccc(Oc4cccc(C=O)c4)cc3[C@H]3[C@H](CCCCO)[C@@H](CCCCO)C=C(C(=NOCc4ccccc4)C[C@@H]1N(Cc1ccc(F)cc1)C(=O)Oc1ccc([N+](=O)[O-])cc1)[C@H]32. The largest absolute Gasteiger partial charge is 0.459 e. The van der Waals surface area contributed by atoms with Crippen molar-refractivity contribution in [2.24, 2.45) is 22.9 Å². The number of hydrogen-bond donors (Lipinski definition) is 2. The van der Waals surface area contributed by atoms with Gasteiger partial charge in [-0.25, -0.2) is 9.18 Å². The van der Waals surface area contributed by atoms with Gasteiger partial charge in [-0.2, -0.15) is 0 Å². The van der Waals surface area contributed by atoms with Crippen molar-refractivity contribution in [2.45, 2.75) is 75.8 Å². The molecule has 1 fully saturated rings. The monoisotopic (exact) mass is 953 g/mol. The highest BCUT2D eigenvalue weighted by molar-refractivity contribution is 6.03. The molecular formula is C55H56FN3O11. The molecule has 1 amide bonds. The highest BCUT2D eigenvalue weighted by Crippen LogP contribution is 2.62. The summed E-state index contributed by atoms with van der Waals surface area (Å²) < 4.78 is 41.4. The zero-order valence-electron chi connectivity index (χ0n) is 38.6. The molecule has 2 N–H and O–H groups in total. The first-order chi connectivity index (χ1) is 34.1. The van der Waals surface area contributed by atoms with E-state index in [4.69, 9.17) is 28.9 Å². The number of hydrogen-bond acceptors (Lipinski definition) is 12. The van der Waals surface area contributed by atoms with Crippen LogP contribution in [0.1, 0.15) is 77.9 Å². The molecule has 0 aromatic heterocycles. The number of fused-ring (bicyclic) bond motifs is 2. The van der Waals surface area contributed by atoms with Gasteiger partial charge in [0.1, 0.15) is 47.8 Å². The molecule has 1 heterocycles. The molecule has 1 saturated carbocycles. The van der Waals surface area contributed by atoms with E-state index in [0.717, 1.165) is 35.8 Å². The summed E-state index contributed by atoms with van der Waals surface area (Å²) in [6, 6.07) is 31.9. The van der Waals surface area contributed by atoms with Crippen LogP contribution in [0.2, 0.25) is 0 Å². The van der Waals surface area contributed by atoms with E-state index in [1.54, 1.807) is 48.5 Å². The Kier molecular flexibility index (Phi) is 16.1. The van der Waals surface area contributed by atoms with Crippen molar-refractivity contribution in [3.8, 4) is 23.0 Å². The molecule has 0 saturated heterocycles. The van der Waals surface area contributed by atoms with Crippen LogP contribution in [-0.2, 0) is 22.7 Å². The van der Waals surface area contributed by atoms with Crippen molar-refractivity contribution in [2.75, 3.05) is 19.8 Å². The van der Waals surface area contributed by atoms with Crippen LogP contribution in [0.25, 0.3) is 0 Å². The summed E-state index contributed by atoms with van der Waals surface area (Å²) in [5, 5.41) is 36.5. The van der Waals surface area contributed by atoms with Gasteiger partial charge in [0.2, 0.25) is 5.79 Å². The molecule has 0 unspecified atom stereocenters. The molecule has 5 aromatic carbocycles. The number of benzene rings is 5. The van der Waals surface area contributed by atoms with Gasteiger partial charge in [0.05, 0.1) is 23.2 Å². The van der Waals surface area contributed by atoms with E-state index in [1.807, 2.05) is 42.5 Å². The molecule has 70 heavy (non-hydrogen) atoms. The number of rotatable bonds is 22. The lowest BCUT2D eigenvalue weighted by atomic mass is 9.55. The van der Waals surface area contributed by atoms with Gasteiger partial charge in [-0.15, -0.1) is 6.58 Å². The first-order valence-electron chi connectivity index (χ1n) is 23.6. The number of allylic oxidation sites excluding steroid dienone is 1. The fourth-order valence-corrected chi connectivity index (χ4v) is 10.1.